The summed E-state index contributed by atoms with van der Waals surface area (Å²) in [7, 11) is 0. The average Bonchev–Trinajstić information content (AvgIpc) is 2.12. The molecule has 3 heteroatoms. The molecule has 0 saturated carbocycles. The monoisotopic (exact) mass is 213 g/mol. The second kappa shape index (κ2) is 6.83. The van der Waals surface area contributed by atoms with Gasteiger partial charge in [-0.05, 0) is 18.9 Å². The van der Waals surface area contributed by atoms with Crippen molar-refractivity contribution < 1.29 is 9.90 Å². The molecule has 1 heterocycles. The third-order valence-electron chi connectivity index (χ3n) is 3.07. The lowest BCUT2D eigenvalue weighted by Crippen LogP contribution is -2.47. The second-order valence-electron chi connectivity index (χ2n) is 4.64. The Kier molecular flexibility index (Phi) is 5.69. The van der Waals surface area contributed by atoms with Crippen molar-refractivity contribution in [3.05, 3.63) is 0 Å². The van der Waals surface area contributed by atoms with Crippen molar-refractivity contribution in [1.82, 2.24) is 4.90 Å². The fourth-order valence-electron chi connectivity index (χ4n) is 2.17. The van der Waals surface area contributed by atoms with Crippen LogP contribution in [0.4, 0.5) is 0 Å². The number of unbranched alkanes of at least 4 members (excludes halogenated alkanes) is 4. The summed E-state index contributed by atoms with van der Waals surface area (Å²) >= 11 is 0. The molecule has 1 aliphatic rings. The Bertz CT molecular complexity index is 188. The van der Waals surface area contributed by atoms with Crippen molar-refractivity contribution in [3.63, 3.8) is 0 Å². The highest BCUT2D eigenvalue weighted by Gasteiger charge is 2.27. The van der Waals surface area contributed by atoms with E-state index < -0.39 is 5.97 Å². The highest BCUT2D eigenvalue weighted by Crippen LogP contribution is 2.19. The summed E-state index contributed by atoms with van der Waals surface area (Å²) in [6.07, 6.45) is 6.95. The van der Waals surface area contributed by atoms with E-state index in [0.717, 1.165) is 13.1 Å². The number of carboxylic acid groups (broad SMARTS) is 1. The van der Waals surface area contributed by atoms with Crippen LogP contribution in [0.3, 0.4) is 0 Å². The largest absolute Gasteiger partial charge is 0.481 e. The van der Waals surface area contributed by atoms with E-state index in [1.165, 1.54) is 38.6 Å². The average molecular weight is 213 g/mol. The molecule has 1 N–H and O–H groups in total. The molecule has 0 radical (unpaired) electrons. The van der Waals surface area contributed by atoms with Gasteiger partial charge in [0.2, 0.25) is 0 Å². The topological polar surface area (TPSA) is 40.5 Å². The normalized spacial score (nSPS) is 17.7. The van der Waals surface area contributed by atoms with Gasteiger partial charge >= 0.3 is 5.97 Å². The van der Waals surface area contributed by atoms with Crippen LogP contribution in [0.15, 0.2) is 0 Å². The van der Waals surface area contributed by atoms with Crippen LogP contribution in [-0.4, -0.2) is 35.6 Å². The molecule has 0 aromatic carbocycles. The zero-order valence-corrected chi connectivity index (χ0v) is 9.74. The first kappa shape index (κ1) is 12.5. The summed E-state index contributed by atoms with van der Waals surface area (Å²) < 4.78 is 0. The molecule has 0 atom stereocenters. The van der Waals surface area contributed by atoms with Crippen molar-refractivity contribution in [2.24, 2.45) is 5.92 Å². The van der Waals surface area contributed by atoms with Crippen molar-refractivity contribution in [2.45, 2.75) is 45.4 Å². The maximum atomic E-state index is 10.4. The molecule has 3 nitrogen and oxygen atoms in total. The van der Waals surface area contributed by atoms with E-state index in [9.17, 15) is 4.79 Å². The molecule has 0 aromatic heterocycles. The molecule has 1 saturated heterocycles. The smallest absolute Gasteiger partial charge is 0.303 e. The summed E-state index contributed by atoms with van der Waals surface area (Å²) in [5.74, 6) is -0.235. The predicted octanol–water partition coefficient (Wildman–Crippen LogP) is 2.36. The number of carboxylic acids is 1. The van der Waals surface area contributed by atoms with Crippen molar-refractivity contribution in [3.8, 4) is 0 Å². The van der Waals surface area contributed by atoms with E-state index in [1.54, 1.807) is 0 Å². The van der Waals surface area contributed by atoms with Crippen LogP contribution >= 0.6 is 0 Å². The zero-order valence-electron chi connectivity index (χ0n) is 9.74. The Morgan fingerprint density at radius 2 is 1.93 bits per heavy atom. The first-order valence-electron chi connectivity index (χ1n) is 6.16. The van der Waals surface area contributed by atoms with Crippen LogP contribution in [0.1, 0.15) is 45.4 Å². The van der Waals surface area contributed by atoms with Gasteiger partial charge in [0.25, 0.3) is 0 Å². The van der Waals surface area contributed by atoms with Crippen molar-refractivity contribution in [1.29, 1.82) is 0 Å². The highest BCUT2D eigenvalue weighted by molar-refractivity contribution is 5.67. The quantitative estimate of drug-likeness (QED) is 0.629. The first-order valence-corrected chi connectivity index (χ1v) is 6.16. The summed E-state index contributed by atoms with van der Waals surface area (Å²) in [5.41, 5.74) is 0. The maximum absolute atomic E-state index is 10.4. The van der Waals surface area contributed by atoms with E-state index in [2.05, 4.69) is 11.8 Å². The van der Waals surface area contributed by atoms with Crippen molar-refractivity contribution >= 4 is 5.97 Å². The molecular formula is C12H23NO2. The fraction of sp³-hybridized carbons (Fsp3) is 0.917. The first-order chi connectivity index (χ1) is 7.22. The number of hydrogen-bond donors (Lipinski definition) is 1. The summed E-state index contributed by atoms with van der Waals surface area (Å²) in [6, 6.07) is 0. The molecule has 0 spiro atoms. The van der Waals surface area contributed by atoms with E-state index in [0.29, 0.717) is 12.3 Å². The summed E-state index contributed by atoms with van der Waals surface area (Å²) in [5, 5.41) is 8.59. The van der Waals surface area contributed by atoms with Gasteiger partial charge in [0, 0.05) is 13.1 Å². The van der Waals surface area contributed by atoms with Crippen molar-refractivity contribution in [2.75, 3.05) is 19.6 Å². The number of hydrogen-bond acceptors (Lipinski definition) is 2. The molecule has 0 unspecified atom stereocenters. The van der Waals surface area contributed by atoms with Gasteiger partial charge < -0.3 is 10.0 Å². The molecule has 0 aliphatic carbocycles. The van der Waals surface area contributed by atoms with Crippen LogP contribution in [0.25, 0.3) is 0 Å². The molecule has 1 rings (SSSR count). The van der Waals surface area contributed by atoms with Gasteiger partial charge in [-0.1, -0.05) is 32.6 Å². The van der Waals surface area contributed by atoms with Crippen LogP contribution in [0.2, 0.25) is 0 Å². The Balaban J connectivity index is 1.87. The minimum atomic E-state index is -0.650. The highest BCUT2D eigenvalue weighted by atomic mass is 16.4. The molecule has 1 fully saturated rings. The number of aliphatic carboxylic acids is 1. The van der Waals surface area contributed by atoms with Gasteiger partial charge in [0.1, 0.15) is 0 Å². The Hall–Kier alpha value is -0.570. The molecule has 1 aliphatic heterocycles. The number of rotatable bonds is 8. The molecular weight excluding hydrogens is 190 g/mol. The van der Waals surface area contributed by atoms with Gasteiger partial charge in [-0.25, -0.2) is 0 Å². The Morgan fingerprint density at radius 3 is 2.53 bits per heavy atom. The predicted molar refractivity (Wildman–Crippen MR) is 60.9 cm³/mol. The minimum absolute atomic E-state index is 0.354. The van der Waals surface area contributed by atoms with E-state index in [4.69, 9.17) is 5.11 Å². The lowest BCUT2D eigenvalue weighted by atomic mass is 9.96. The Labute approximate surface area is 92.5 Å². The van der Waals surface area contributed by atoms with Gasteiger partial charge in [-0.15, -0.1) is 0 Å². The molecule has 0 bridgehead atoms. The van der Waals surface area contributed by atoms with Gasteiger partial charge in [0.15, 0.2) is 0 Å². The van der Waals surface area contributed by atoms with E-state index in [1.807, 2.05) is 0 Å². The molecule has 15 heavy (non-hydrogen) atoms. The standard InChI is InChI=1S/C12H23NO2/c1-2-3-4-5-6-7-13-9-11(10-13)8-12(14)15/h11H,2-10H2,1H3,(H,14,15). The van der Waals surface area contributed by atoms with Crippen LogP contribution in [-0.2, 0) is 4.79 Å². The molecule has 88 valence electrons. The lowest BCUT2D eigenvalue weighted by molar-refractivity contribution is -0.139. The second-order valence-corrected chi connectivity index (χ2v) is 4.64. The van der Waals surface area contributed by atoms with E-state index >= 15 is 0 Å². The SMILES string of the molecule is CCCCCCCN1CC(CC(=O)O)C1. The number of likely N-dealkylation sites (tertiary alicyclic amines) is 1. The van der Waals surface area contributed by atoms with Crippen LogP contribution in [0, 0.1) is 5.92 Å². The fourth-order valence-corrected chi connectivity index (χ4v) is 2.17. The lowest BCUT2D eigenvalue weighted by Gasteiger charge is -2.38. The van der Waals surface area contributed by atoms with Crippen LogP contribution < -0.4 is 0 Å². The van der Waals surface area contributed by atoms with E-state index in [-0.39, 0.29) is 0 Å². The third-order valence-corrected chi connectivity index (χ3v) is 3.07. The number of carbonyl (C=O) groups is 1. The summed E-state index contributed by atoms with van der Waals surface area (Å²) in [4.78, 5) is 12.8. The van der Waals surface area contributed by atoms with Gasteiger partial charge in [0.05, 0.1) is 6.42 Å². The van der Waals surface area contributed by atoms with Gasteiger partial charge in [-0.2, -0.15) is 0 Å². The van der Waals surface area contributed by atoms with Crippen LogP contribution in [0.5, 0.6) is 0 Å². The Morgan fingerprint density at radius 1 is 1.27 bits per heavy atom. The minimum Gasteiger partial charge on any atom is -0.481 e. The molecule has 0 amide bonds. The van der Waals surface area contributed by atoms with Gasteiger partial charge in [-0.3, -0.25) is 4.79 Å². The number of nitrogens with zero attached hydrogens (tertiary/aromatic N) is 1. The third kappa shape index (κ3) is 5.17. The molecule has 0 aromatic rings. The summed E-state index contributed by atoms with van der Waals surface area (Å²) in [6.45, 7) is 5.39. The maximum Gasteiger partial charge on any atom is 0.303 e. The zero-order chi connectivity index (χ0) is 11.1.